The van der Waals surface area contributed by atoms with Gasteiger partial charge in [-0.15, -0.1) is 0 Å². The molecule has 0 bridgehead atoms. The van der Waals surface area contributed by atoms with Crippen LogP contribution in [0.25, 0.3) is 0 Å². The van der Waals surface area contributed by atoms with Crippen molar-refractivity contribution in [2.45, 2.75) is 18.5 Å². The molecule has 0 radical (unpaired) electrons. The fourth-order valence-corrected chi connectivity index (χ4v) is 1.89. The number of hydrogen-bond acceptors (Lipinski definition) is 1. The molecule has 1 saturated carbocycles. The van der Waals surface area contributed by atoms with E-state index in [1.165, 1.54) is 0 Å². The van der Waals surface area contributed by atoms with Crippen LogP contribution in [-0.4, -0.2) is 6.54 Å². The monoisotopic (exact) mass is 233 g/mol. The molecule has 2 N–H and O–H groups in total. The number of hydrogen-bond donors (Lipinski definition) is 1. The second-order valence-corrected chi connectivity index (χ2v) is 4.07. The lowest BCUT2D eigenvalue weighted by molar-refractivity contribution is -0.137. The fourth-order valence-electron chi connectivity index (χ4n) is 1.89. The van der Waals surface area contributed by atoms with E-state index < -0.39 is 17.6 Å². The van der Waals surface area contributed by atoms with Crippen LogP contribution in [-0.2, 0) is 6.18 Å². The maximum atomic E-state index is 13.4. The highest BCUT2D eigenvalue weighted by Gasteiger charge is 2.40. The molecule has 1 aliphatic carbocycles. The highest BCUT2D eigenvalue weighted by molar-refractivity contribution is 5.33. The second-order valence-electron chi connectivity index (χ2n) is 4.07. The van der Waals surface area contributed by atoms with E-state index in [1.54, 1.807) is 0 Å². The standard InChI is InChI=1S/C11H11F4N/c12-10-2-1-7(11(13,14)15)4-9(10)8-3-6(8)5-16/h1-2,4,6,8H,3,5,16H2/t6-,8+/m0/s1. The minimum Gasteiger partial charge on any atom is -0.330 e. The van der Waals surface area contributed by atoms with Crippen LogP contribution in [0.2, 0.25) is 0 Å². The van der Waals surface area contributed by atoms with Crippen LogP contribution in [0.1, 0.15) is 23.5 Å². The Balaban J connectivity index is 2.31. The molecule has 0 unspecified atom stereocenters. The summed E-state index contributed by atoms with van der Waals surface area (Å²) in [6.07, 6.45) is -3.75. The Labute approximate surface area is 90.3 Å². The smallest absolute Gasteiger partial charge is 0.330 e. The maximum absolute atomic E-state index is 13.4. The highest BCUT2D eigenvalue weighted by Crippen LogP contribution is 2.48. The minimum absolute atomic E-state index is 0.123. The van der Waals surface area contributed by atoms with E-state index in [0.29, 0.717) is 13.0 Å². The van der Waals surface area contributed by atoms with Gasteiger partial charge in [0.25, 0.3) is 0 Å². The average Bonchev–Trinajstić information content (AvgIpc) is 2.95. The molecule has 1 aromatic rings. The van der Waals surface area contributed by atoms with Crippen molar-refractivity contribution in [1.82, 2.24) is 0 Å². The van der Waals surface area contributed by atoms with Crippen molar-refractivity contribution in [1.29, 1.82) is 0 Å². The normalized spacial score (nSPS) is 24.6. The molecule has 0 spiro atoms. The largest absolute Gasteiger partial charge is 0.416 e. The van der Waals surface area contributed by atoms with E-state index in [-0.39, 0.29) is 17.4 Å². The molecule has 5 heteroatoms. The molecule has 0 amide bonds. The Bertz CT molecular complexity index is 399. The number of benzene rings is 1. The molecular formula is C11H11F4N. The van der Waals surface area contributed by atoms with Crippen LogP contribution in [0.15, 0.2) is 18.2 Å². The quantitative estimate of drug-likeness (QED) is 0.781. The number of alkyl halides is 3. The van der Waals surface area contributed by atoms with E-state index >= 15 is 0 Å². The fraction of sp³-hybridized carbons (Fsp3) is 0.455. The van der Waals surface area contributed by atoms with Crippen LogP contribution >= 0.6 is 0 Å². The summed E-state index contributed by atoms with van der Waals surface area (Å²) in [6.45, 7) is 0.389. The van der Waals surface area contributed by atoms with Gasteiger partial charge in [0.15, 0.2) is 0 Å². The molecular weight excluding hydrogens is 222 g/mol. The average molecular weight is 233 g/mol. The first-order valence-corrected chi connectivity index (χ1v) is 5.00. The lowest BCUT2D eigenvalue weighted by Gasteiger charge is -2.09. The van der Waals surface area contributed by atoms with Gasteiger partial charge in [0, 0.05) is 0 Å². The van der Waals surface area contributed by atoms with E-state index in [2.05, 4.69) is 0 Å². The Hall–Kier alpha value is -1.10. The Morgan fingerprint density at radius 2 is 2.00 bits per heavy atom. The molecule has 1 fully saturated rings. The summed E-state index contributed by atoms with van der Waals surface area (Å²) >= 11 is 0. The van der Waals surface area contributed by atoms with Gasteiger partial charge in [0.2, 0.25) is 0 Å². The summed E-state index contributed by atoms with van der Waals surface area (Å²) < 4.78 is 50.6. The maximum Gasteiger partial charge on any atom is 0.416 e. The van der Waals surface area contributed by atoms with Crippen molar-refractivity contribution in [3.05, 3.63) is 35.1 Å². The van der Waals surface area contributed by atoms with E-state index in [9.17, 15) is 17.6 Å². The molecule has 2 rings (SSSR count). The predicted octanol–water partition coefficient (Wildman–Crippen LogP) is 2.91. The molecule has 0 heterocycles. The van der Waals surface area contributed by atoms with Crippen LogP contribution in [0.3, 0.4) is 0 Å². The Morgan fingerprint density at radius 3 is 2.50 bits per heavy atom. The van der Waals surface area contributed by atoms with Gasteiger partial charge in [-0.25, -0.2) is 4.39 Å². The first-order chi connectivity index (χ1) is 7.43. The van der Waals surface area contributed by atoms with E-state index in [0.717, 1.165) is 18.2 Å². The zero-order chi connectivity index (χ0) is 11.9. The summed E-state index contributed by atoms with van der Waals surface area (Å²) in [7, 11) is 0. The van der Waals surface area contributed by atoms with Crippen molar-refractivity contribution in [2.24, 2.45) is 11.7 Å². The molecule has 1 aliphatic rings. The van der Waals surface area contributed by atoms with Gasteiger partial charge >= 0.3 is 6.18 Å². The number of halogens is 4. The molecule has 1 nitrogen and oxygen atoms in total. The topological polar surface area (TPSA) is 26.0 Å². The molecule has 0 aliphatic heterocycles. The highest BCUT2D eigenvalue weighted by atomic mass is 19.4. The zero-order valence-electron chi connectivity index (χ0n) is 8.39. The third-order valence-electron chi connectivity index (χ3n) is 2.95. The van der Waals surface area contributed by atoms with Gasteiger partial charge in [-0.3, -0.25) is 0 Å². The van der Waals surface area contributed by atoms with Crippen molar-refractivity contribution < 1.29 is 17.6 Å². The zero-order valence-corrected chi connectivity index (χ0v) is 8.39. The first-order valence-electron chi connectivity index (χ1n) is 5.00. The minimum atomic E-state index is -4.42. The first kappa shape index (κ1) is 11.4. The van der Waals surface area contributed by atoms with Crippen LogP contribution in [0.4, 0.5) is 17.6 Å². The number of nitrogens with two attached hydrogens (primary N) is 1. The van der Waals surface area contributed by atoms with Gasteiger partial charge in [0.1, 0.15) is 5.82 Å². The van der Waals surface area contributed by atoms with Gasteiger partial charge < -0.3 is 5.73 Å². The third-order valence-corrected chi connectivity index (χ3v) is 2.95. The Kier molecular flexibility index (Phi) is 2.66. The molecule has 0 saturated heterocycles. The summed E-state index contributed by atoms with van der Waals surface area (Å²) in [5.41, 5.74) is 4.74. The summed E-state index contributed by atoms with van der Waals surface area (Å²) in [5.74, 6) is -0.598. The molecule has 2 atom stereocenters. The van der Waals surface area contributed by atoms with Crippen molar-refractivity contribution in [3.8, 4) is 0 Å². The molecule has 88 valence electrons. The lowest BCUT2D eigenvalue weighted by atomic mass is 10.0. The van der Waals surface area contributed by atoms with Crippen LogP contribution < -0.4 is 5.73 Å². The van der Waals surface area contributed by atoms with Gasteiger partial charge in [0.05, 0.1) is 5.56 Å². The van der Waals surface area contributed by atoms with Crippen molar-refractivity contribution in [2.75, 3.05) is 6.54 Å². The predicted molar refractivity (Wildman–Crippen MR) is 51.3 cm³/mol. The molecule has 1 aromatic carbocycles. The summed E-state index contributed by atoms with van der Waals surface area (Å²) in [6, 6.07) is 2.54. The summed E-state index contributed by atoms with van der Waals surface area (Å²) in [4.78, 5) is 0. The molecule has 16 heavy (non-hydrogen) atoms. The molecule has 0 aromatic heterocycles. The van der Waals surface area contributed by atoms with Crippen LogP contribution in [0, 0.1) is 11.7 Å². The second kappa shape index (κ2) is 3.73. The van der Waals surface area contributed by atoms with Crippen LogP contribution in [0.5, 0.6) is 0 Å². The van der Waals surface area contributed by atoms with E-state index in [1.807, 2.05) is 0 Å². The van der Waals surface area contributed by atoms with Gasteiger partial charge in [-0.2, -0.15) is 13.2 Å². The third kappa shape index (κ3) is 2.04. The SMILES string of the molecule is NC[C@@H]1C[C@H]1c1cc(C(F)(F)F)ccc1F. The van der Waals surface area contributed by atoms with Crippen molar-refractivity contribution in [3.63, 3.8) is 0 Å². The lowest BCUT2D eigenvalue weighted by Crippen LogP contribution is -2.07. The number of rotatable bonds is 2. The summed E-state index contributed by atoms with van der Waals surface area (Å²) in [5, 5.41) is 0. The van der Waals surface area contributed by atoms with Gasteiger partial charge in [-0.1, -0.05) is 0 Å². The van der Waals surface area contributed by atoms with Crippen molar-refractivity contribution >= 4 is 0 Å². The van der Waals surface area contributed by atoms with E-state index in [4.69, 9.17) is 5.73 Å². The Morgan fingerprint density at radius 1 is 1.31 bits per heavy atom. The van der Waals surface area contributed by atoms with Gasteiger partial charge in [-0.05, 0) is 48.6 Å².